The van der Waals surface area contributed by atoms with Crippen LogP contribution in [-0.2, 0) is 6.54 Å². The molecule has 0 amide bonds. The van der Waals surface area contributed by atoms with Gasteiger partial charge in [0.15, 0.2) is 12.6 Å². The molecule has 4 nitrogen and oxygen atoms in total. The van der Waals surface area contributed by atoms with Crippen LogP contribution in [0.5, 0.6) is 5.75 Å². The zero-order valence-corrected chi connectivity index (χ0v) is 13.1. The van der Waals surface area contributed by atoms with Gasteiger partial charge in [-0.2, -0.15) is 13.2 Å². The number of ether oxygens (including phenoxy) is 1. The molecular formula is C16H22F3N3O. The van der Waals surface area contributed by atoms with Gasteiger partial charge in [0, 0.05) is 18.7 Å². The van der Waals surface area contributed by atoms with Crippen LogP contribution in [0.15, 0.2) is 29.3 Å². The van der Waals surface area contributed by atoms with E-state index in [9.17, 15) is 13.2 Å². The smallest absolute Gasteiger partial charge is 0.422 e. The largest absolute Gasteiger partial charge is 0.484 e. The minimum absolute atomic E-state index is 0.188. The lowest BCUT2D eigenvalue weighted by molar-refractivity contribution is -0.153. The monoisotopic (exact) mass is 329 g/mol. The molecule has 1 fully saturated rings. The number of likely N-dealkylation sites (tertiary alicyclic amines) is 1. The standard InChI is InChI=1S/C16H22F3N3O/c1-12-5-4-8-22(10-12)15(20)21-9-13-6-2-3-7-14(13)23-11-16(17,18)19/h2-3,6-7,12H,4-5,8-11H2,1H3,(H2,20,21). The lowest BCUT2D eigenvalue weighted by Gasteiger charge is -2.31. The Morgan fingerprint density at radius 2 is 2.13 bits per heavy atom. The molecule has 2 rings (SSSR count). The maximum atomic E-state index is 12.3. The maximum absolute atomic E-state index is 12.3. The Balaban J connectivity index is 2.00. The molecule has 0 spiro atoms. The van der Waals surface area contributed by atoms with E-state index in [0.29, 0.717) is 17.4 Å². The Morgan fingerprint density at radius 1 is 1.39 bits per heavy atom. The van der Waals surface area contributed by atoms with Gasteiger partial charge in [-0.1, -0.05) is 25.1 Å². The number of hydrogen-bond donors (Lipinski definition) is 1. The van der Waals surface area contributed by atoms with Gasteiger partial charge in [-0.15, -0.1) is 0 Å². The average molecular weight is 329 g/mol. The molecule has 128 valence electrons. The molecule has 1 aliphatic heterocycles. The molecule has 1 aromatic rings. The second kappa shape index (κ2) is 7.57. The Kier molecular flexibility index (Phi) is 5.74. The molecule has 1 aromatic carbocycles. The molecule has 23 heavy (non-hydrogen) atoms. The third-order valence-corrected chi connectivity index (χ3v) is 3.76. The summed E-state index contributed by atoms with van der Waals surface area (Å²) in [5.41, 5.74) is 6.59. The van der Waals surface area contributed by atoms with Gasteiger partial charge in [0.25, 0.3) is 0 Å². The molecule has 0 aromatic heterocycles. The van der Waals surface area contributed by atoms with Crippen molar-refractivity contribution in [2.75, 3.05) is 19.7 Å². The van der Waals surface area contributed by atoms with Crippen LogP contribution in [0.1, 0.15) is 25.3 Å². The van der Waals surface area contributed by atoms with E-state index in [-0.39, 0.29) is 12.3 Å². The van der Waals surface area contributed by atoms with Gasteiger partial charge in [0.2, 0.25) is 0 Å². The third-order valence-electron chi connectivity index (χ3n) is 3.76. The van der Waals surface area contributed by atoms with Crippen molar-refractivity contribution < 1.29 is 17.9 Å². The van der Waals surface area contributed by atoms with Gasteiger partial charge in [-0.3, -0.25) is 0 Å². The molecule has 1 unspecified atom stereocenters. The van der Waals surface area contributed by atoms with Crippen molar-refractivity contribution in [1.29, 1.82) is 0 Å². The molecule has 0 bridgehead atoms. The van der Waals surface area contributed by atoms with Crippen LogP contribution in [0.25, 0.3) is 0 Å². The number of piperidine rings is 1. The molecule has 1 saturated heterocycles. The third kappa shape index (κ3) is 5.65. The highest BCUT2D eigenvalue weighted by molar-refractivity contribution is 5.78. The fourth-order valence-electron chi connectivity index (χ4n) is 2.60. The summed E-state index contributed by atoms with van der Waals surface area (Å²) in [4.78, 5) is 6.34. The van der Waals surface area contributed by atoms with Crippen molar-refractivity contribution in [3.63, 3.8) is 0 Å². The first-order valence-electron chi connectivity index (χ1n) is 7.67. The summed E-state index contributed by atoms with van der Waals surface area (Å²) in [5.74, 6) is 1.19. The molecule has 1 heterocycles. The molecular weight excluding hydrogens is 307 g/mol. The summed E-state index contributed by atoms with van der Waals surface area (Å²) in [6.07, 6.45) is -2.11. The number of guanidine groups is 1. The maximum Gasteiger partial charge on any atom is 0.422 e. The zero-order chi connectivity index (χ0) is 16.9. The number of benzene rings is 1. The van der Waals surface area contributed by atoms with E-state index in [1.54, 1.807) is 18.2 Å². The topological polar surface area (TPSA) is 50.8 Å². The van der Waals surface area contributed by atoms with Crippen molar-refractivity contribution in [2.45, 2.75) is 32.5 Å². The Labute approximate surface area is 134 Å². The van der Waals surface area contributed by atoms with E-state index >= 15 is 0 Å². The number of halogens is 3. The zero-order valence-electron chi connectivity index (χ0n) is 13.1. The minimum Gasteiger partial charge on any atom is -0.484 e. The van der Waals surface area contributed by atoms with Gasteiger partial charge in [-0.25, -0.2) is 4.99 Å². The van der Waals surface area contributed by atoms with Crippen molar-refractivity contribution in [1.82, 2.24) is 4.90 Å². The van der Waals surface area contributed by atoms with E-state index in [0.717, 1.165) is 19.5 Å². The first-order chi connectivity index (χ1) is 10.8. The normalized spacial score (nSPS) is 19.7. The van der Waals surface area contributed by atoms with Crippen molar-refractivity contribution in [3.8, 4) is 5.75 Å². The summed E-state index contributed by atoms with van der Waals surface area (Å²) < 4.78 is 41.7. The van der Waals surface area contributed by atoms with E-state index in [2.05, 4.69) is 11.9 Å². The van der Waals surface area contributed by atoms with E-state index in [1.165, 1.54) is 12.5 Å². The van der Waals surface area contributed by atoms with Gasteiger partial charge >= 0.3 is 6.18 Å². The number of aliphatic imine (C=N–C) groups is 1. The quantitative estimate of drug-likeness (QED) is 0.682. The summed E-state index contributed by atoms with van der Waals surface area (Å²) in [6, 6.07) is 6.58. The molecule has 1 aliphatic rings. The summed E-state index contributed by atoms with van der Waals surface area (Å²) >= 11 is 0. The lowest BCUT2D eigenvalue weighted by atomic mass is 10.0. The van der Waals surface area contributed by atoms with Crippen LogP contribution in [-0.4, -0.2) is 36.7 Å². The lowest BCUT2D eigenvalue weighted by Crippen LogP contribution is -2.43. The Morgan fingerprint density at radius 3 is 2.83 bits per heavy atom. The molecule has 0 aliphatic carbocycles. The van der Waals surface area contributed by atoms with E-state index in [4.69, 9.17) is 10.5 Å². The van der Waals surface area contributed by atoms with Gasteiger partial charge in [0.1, 0.15) is 5.75 Å². The number of alkyl halides is 3. The molecule has 0 radical (unpaired) electrons. The summed E-state index contributed by atoms with van der Waals surface area (Å²) in [5, 5.41) is 0. The number of rotatable bonds is 4. The van der Waals surface area contributed by atoms with Gasteiger partial charge in [0.05, 0.1) is 6.54 Å². The van der Waals surface area contributed by atoms with Crippen LogP contribution in [0.3, 0.4) is 0 Å². The highest BCUT2D eigenvalue weighted by Crippen LogP contribution is 2.23. The predicted molar refractivity (Wildman–Crippen MR) is 83.3 cm³/mol. The SMILES string of the molecule is CC1CCCN(C(N)=NCc2ccccc2OCC(F)(F)F)C1. The first kappa shape index (κ1) is 17.4. The van der Waals surface area contributed by atoms with Crippen molar-refractivity contribution in [3.05, 3.63) is 29.8 Å². The van der Waals surface area contributed by atoms with Crippen LogP contribution in [0.4, 0.5) is 13.2 Å². The van der Waals surface area contributed by atoms with Crippen LogP contribution in [0, 0.1) is 5.92 Å². The summed E-state index contributed by atoms with van der Waals surface area (Å²) in [7, 11) is 0. The number of hydrogen-bond acceptors (Lipinski definition) is 2. The highest BCUT2D eigenvalue weighted by atomic mass is 19.4. The molecule has 2 N–H and O–H groups in total. The summed E-state index contributed by atoms with van der Waals surface area (Å²) in [6.45, 7) is 2.78. The van der Waals surface area contributed by atoms with Crippen LogP contribution >= 0.6 is 0 Å². The Bertz CT molecular complexity index is 546. The van der Waals surface area contributed by atoms with Gasteiger partial charge in [-0.05, 0) is 24.8 Å². The molecule has 7 heteroatoms. The Hall–Kier alpha value is -1.92. The number of para-hydroxylation sites is 1. The van der Waals surface area contributed by atoms with Crippen LogP contribution in [0.2, 0.25) is 0 Å². The van der Waals surface area contributed by atoms with Gasteiger partial charge < -0.3 is 15.4 Å². The predicted octanol–water partition coefficient (Wildman–Crippen LogP) is 3.17. The minimum atomic E-state index is -4.36. The van der Waals surface area contributed by atoms with Crippen LogP contribution < -0.4 is 10.5 Å². The number of nitrogens with zero attached hydrogens (tertiary/aromatic N) is 2. The second-order valence-corrected chi connectivity index (χ2v) is 5.88. The fraction of sp³-hybridized carbons (Fsp3) is 0.562. The highest BCUT2D eigenvalue weighted by Gasteiger charge is 2.28. The molecule has 0 saturated carbocycles. The van der Waals surface area contributed by atoms with Crippen molar-refractivity contribution >= 4 is 5.96 Å². The van der Waals surface area contributed by atoms with E-state index < -0.39 is 12.8 Å². The fourth-order valence-corrected chi connectivity index (χ4v) is 2.60. The number of nitrogens with two attached hydrogens (primary N) is 1. The second-order valence-electron chi connectivity index (χ2n) is 5.88. The first-order valence-corrected chi connectivity index (χ1v) is 7.67. The van der Waals surface area contributed by atoms with E-state index in [1.807, 2.05) is 4.90 Å². The molecule has 1 atom stereocenters. The average Bonchev–Trinajstić information content (AvgIpc) is 2.50. The van der Waals surface area contributed by atoms with Crippen molar-refractivity contribution in [2.24, 2.45) is 16.6 Å².